The van der Waals surface area contributed by atoms with Gasteiger partial charge < -0.3 is 15.6 Å². The highest BCUT2D eigenvalue weighted by molar-refractivity contribution is 5.81. The largest absolute Gasteiger partial charge is 0.358 e. The van der Waals surface area contributed by atoms with Crippen molar-refractivity contribution < 1.29 is 0 Å². The van der Waals surface area contributed by atoms with Crippen LogP contribution >= 0.6 is 0 Å². The lowest BCUT2D eigenvalue weighted by Gasteiger charge is -2.28. The summed E-state index contributed by atoms with van der Waals surface area (Å²) in [5.74, 6) is 1.03. The smallest absolute Gasteiger partial charge is 0.101 e. The Hall–Kier alpha value is -1.16. The second-order valence-corrected chi connectivity index (χ2v) is 2.92. The van der Waals surface area contributed by atoms with Gasteiger partial charge in [0.2, 0.25) is 0 Å². The van der Waals surface area contributed by atoms with E-state index in [0.29, 0.717) is 0 Å². The topological polar surface area (TPSA) is 51.5 Å². The van der Waals surface area contributed by atoms with Crippen molar-refractivity contribution in [1.82, 2.24) is 10.2 Å². The van der Waals surface area contributed by atoms with Crippen LogP contribution in [0.3, 0.4) is 0 Å². The molecule has 0 unspecified atom stereocenters. The molecule has 4 heteroatoms. The lowest BCUT2D eigenvalue weighted by molar-refractivity contribution is 0.356. The first kappa shape index (κ1) is 9.92. The van der Waals surface area contributed by atoms with Gasteiger partial charge in [0, 0.05) is 38.6 Å². The Labute approximate surface area is 78.9 Å². The highest BCUT2D eigenvalue weighted by Crippen LogP contribution is 1.95. The molecule has 1 heterocycles. The summed E-state index contributed by atoms with van der Waals surface area (Å²) in [4.78, 5) is 6.46. The van der Waals surface area contributed by atoms with Gasteiger partial charge in [0.25, 0.3) is 0 Å². The van der Waals surface area contributed by atoms with E-state index in [1.54, 1.807) is 12.3 Å². The van der Waals surface area contributed by atoms with Gasteiger partial charge in [-0.2, -0.15) is 0 Å². The normalized spacial score (nSPS) is 19.5. The number of piperazine rings is 1. The molecule has 0 amide bonds. The molecule has 0 spiro atoms. The fourth-order valence-corrected chi connectivity index (χ4v) is 1.26. The number of allylic oxidation sites excluding steroid dienone is 1. The highest BCUT2D eigenvalue weighted by Gasteiger charge is 2.09. The van der Waals surface area contributed by atoms with Crippen molar-refractivity contribution in [3.63, 3.8) is 0 Å². The second kappa shape index (κ2) is 5.48. The third-order valence-electron chi connectivity index (χ3n) is 2.02. The zero-order valence-electron chi connectivity index (χ0n) is 7.95. The number of nitrogens with one attached hydrogen (secondary N) is 2. The number of aliphatic imine (C=N–C) groups is 1. The Morgan fingerprint density at radius 2 is 2.15 bits per heavy atom. The fraction of sp³-hybridized carbons (Fsp3) is 0.556. The number of hydrogen-bond acceptors (Lipinski definition) is 3. The predicted molar refractivity (Wildman–Crippen MR) is 55.5 cm³/mol. The van der Waals surface area contributed by atoms with Gasteiger partial charge in [0.15, 0.2) is 0 Å². The quantitative estimate of drug-likeness (QED) is 0.479. The molecule has 1 fully saturated rings. The molecule has 0 aliphatic carbocycles. The minimum absolute atomic E-state index is 1.02. The number of amidine groups is 1. The summed E-state index contributed by atoms with van der Waals surface area (Å²) in [6.07, 6.45) is 4.50. The molecule has 0 aromatic carbocycles. The van der Waals surface area contributed by atoms with Gasteiger partial charge in [-0.25, -0.2) is 4.99 Å². The molecule has 0 aromatic heterocycles. The van der Waals surface area contributed by atoms with E-state index in [0.717, 1.165) is 32.0 Å². The third-order valence-corrected chi connectivity index (χ3v) is 2.02. The molecule has 4 nitrogen and oxygen atoms in total. The summed E-state index contributed by atoms with van der Waals surface area (Å²) in [5.41, 5.74) is 0. The van der Waals surface area contributed by atoms with Gasteiger partial charge in [-0.3, -0.25) is 0 Å². The predicted octanol–water partition coefficient (Wildman–Crippen LogP) is 0.473. The number of rotatable bonds is 2. The Kier molecular flexibility index (Phi) is 4.18. The average molecular weight is 180 g/mol. The first-order valence-corrected chi connectivity index (χ1v) is 4.50. The van der Waals surface area contributed by atoms with E-state index in [2.05, 4.69) is 15.2 Å². The molecule has 0 atom stereocenters. The van der Waals surface area contributed by atoms with Crippen LogP contribution in [0.1, 0.15) is 6.92 Å². The Morgan fingerprint density at radius 1 is 1.46 bits per heavy atom. The van der Waals surface area contributed by atoms with Crippen molar-refractivity contribution in [2.24, 2.45) is 4.99 Å². The van der Waals surface area contributed by atoms with Crippen LogP contribution in [0.5, 0.6) is 0 Å². The Balaban J connectivity index is 2.44. The molecule has 0 aromatic rings. The molecule has 72 valence electrons. The molecule has 1 aliphatic rings. The monoisotopic (exact) mass is 180 g/mol. The molecule has 1 saturated heterocycles. The van der Waals surface area contributed by atoms with Crippen molar-refractivity contribution in [2.75, 3.05) is 26.2 Å². The van der Waals surface area contributed by atoms with Gasteiger partial charge in [-0.15, -0.1) is 0 Å². The van der Waals surface area contributed by atoms with Crippen LogP contribution in [0.25, 0.3) is 0 Å². The summed E-state index contributed by atoms with van der Waals surface area (Å²) in [5, 5.41) is 10.1. The summed E-state index contributed by atoms with van der Waals surface area (Å²) in [6.45, 7) is 6.10. The van der Waals surface area contributed by atoms with E-state index in [-0.39, 0.29) is 0 Å². The second-order valence-electron chi connectivity index (χ2n) is 2.92. The summed E-state index contributed by atoms with van der Waals surface area (Å²) < 4.78 is 0. The maximum absolute atomic E-state index is 6.79. The minimum atomic E-state index is 1.02. The van der Waals surface area contributed by atoms with Gasteiger partial charge in [0.1, 0.15) is 5.84 Å². The molecule has 13 heavy (non-hydrogen) atoms. The van der Waals surface area contributed by atoms with Crippen LogP contribution in [0.15, 0.2) is 17.3 Å². The van der Waals surface area contributed by atoms with Crippen molar-refractivity contribution in [1.29, 1.82) is 5.41 Å². The van der Waals surface area contributed by atoms with Gasteiger partial charge in [0.05, 0.1) is 0 Å². The van der Waals surface area contributed by atoms with Gasteiger partial charge in [-0.05, 0) is 13.0 Å². The zero-order chi connectivity index (χ0) is 9.52. The molecule has 0 saturated carbocycles. The summed E-state index contributed by atoms with van der Waals surface area (Å²) in [6, 6.07) is 0. The van der Waals surface area contributed by atoms with E-state index in [4.69, 9.17) is 5.41 Å². The van der Waals surface area contributed by atoms with Crippen molar-refractivity contribution in [2.45, 2.75) is 6.92 Å². The lowest BCUT2D eigenvalue weighted by atomic mass is 10.3. The van der Waals surface area contributed by atoms with Crippen molar-refractivity contribution in [3.8, 4) is 0 Å². The first-order valence-electron chi connectivity index (χ1n) is 4.50. The number of hydrogen-bond donors (Lipinski definition) is 2. The highest BCUT2D eigenvalue weighted by atomic mass is 15.2. The molecule has 2 N–H and O–H groups in total. The Bertz CT molecular complexity index is 214. The van der Waals surface area contributed by atoms with E-state index >= 15 is 0 Å². The van der Waals surface area contributed by atoms with Crippen molar-refractivity contribution >= 4 is 12.1 Å². The standard InChI is InChI=1S/C9H16N4/c1-9(12-4-2-3-10)13-7-5-11-6-8-13/h2-4,10-11H,5-8H2,1H3/b4-2-,10-3?,12-9?. The molecule has 0 radical (unpaired) electrons. The van der Waals surface area contributed by atoms with Gasteiger partial charge in [-0.1, -0.05) is 0 Å². The zero-order valence-corrected chi connectivity index (χ0v) is 7.95. The summed E-state index contributed by atoms with van der Waals surface area (Å²) in [7, 11) is 0. The maximum Gasteiger partial charge on any atom is 0.101 e. The van der Waals surface area contributed by atoms with E-state index in [1.165, 1.54) is 6.21 Å². The van der Waals surface area contributed by atoms with Gasteiger partial charge >= 0.3 is 0 Å². The van der Waals surface area contributed by atoms with E-state index in [9.17, 15) is 0 Å². The van der Waals surface area contributed by atoms with Crippen LogP contribution in [0.4, 0.5) is 0 Å². The Morgan fingerprint density at radius 3 is 2.77 bits per heavy atom. The molecule has 0 bridgehead atoms. The van der Waals surface area contributed by atoms with Crippen LogP contribution in [0.2, 0.25) is 0 Å². The summed E-state index contributed by atoms with van der Waals surface area (Å²) >= 11 is 0. The molecule has 1 aliphatic heterocycles. The first-order chi connectivity index (χ1) is 6.34. The number of nitrogens with zero attached hydrogens (tertiary/aromatic N) is 2. The third kappa shape index (κ3) is 3.38. The van der Waals surface area contributed by atoms with Crippen LogP contribution in [0, 0.1) is 5.41 Å². The van der Waals surface area contributed by atoms with Crippen LogP contribution in [-0.4, -0.2) is 43.1 Å². The molecule has 1 rings (SSSR count). The minimum Gasteiger partial charge on any atom is -0.358 e. The average Bonchev–Trinajstić information content (AvgIpc) is 2.19. The lowest BCUT2D eigenvalue weighted by Crippen LogP contribution is -2.45. The molecular formula is C9H16N4. The van der Waals surface area contributed by atoms with Crippen LogP contribution in [-0.2, 0) is 0 Å². The molecular weight excluding hydrogens is 164 g/mol. The maximum atomic E-state index is 6.79. The fourth-order valence-electron chi connectivity index (χ4n) is 1.26. The van der Waals surface area contributed by atoms with Crippen molar-refractivity contribution in [3.05, 3.63) is 12.3 Å². The van der Waals surface area contributed by atoms with Crippen LogP contribution < -0.4 is 5.32 Å². The van der Waals surface area contributed by atoms with E-state index < -0.39 is 0 Å². The SMILES string of the molecule is CC(=N/C=C\C=N)N1CCNCC1. The van der Waals surface area contributed by atoms with E-state index in [1.807, 2.05) is 6.92 Å².